The van der Waals surface area contributed by atoms with Crippen molar-refractivity contribution in [1.82, 2.24) is 20.1 Å². The lowest BCUT2D eigenvalue weighted by Gasteiger charge is -2.31. The Labute approximate surface area is 164 Å². The van der Waals surface area contributed by atoms with Gasteiger partial charge in [0.15, 0.2) is 0 Å². The van der Waals surface area contributed by atoms with E-state index in [-0.39, 0.29) is 11.8 Å². The van der Waals surface area contributed by atoms with Crippen LogP contribution in [0.2, 0.25) is 0 Å². The van der Waals surface area contributed by atoms with Crippen molar-refractivity contribution in [3.63, 3.8) is 0 Å². The summed E-state index contributed by atoms with van der Waals surface area (Å²) in [6, 6.07) is 2.82. The molecule has 0 radical (unpaired) electrons. The first kappa shape index (κ1) is 19.9. The number of carboxylic acid groups (broad SMARTS) is 1. The van der Waals surface area contributed by atoms with Crippen molar-refractivity contribution in [2.75, 3.05) is 5.32 Å². The van der Waals surface area contributed by atoms with E-state index in [0.29, 0.717) is 11.7 Å². The lowest BCUT2D eigenvalue weighted by atomic mass is 9.79. The van der Waals surface area contributed by atoms with E-state index < -0.39 is 12.1 Å². The van der Waals surface area contributed by atoms with Gasteiger partial charge in [0.25, 0.3) is 0 Å². The number of rotatable bonds is 5. The monoisotopic (exact) mass is 385 g/mol. The normalized spacial score (nSPS) is 20.4. The predicted molar refractivity (Wildman–Crippen MR) is 106 cm³/mol. The van der Waals surface area contributed by atoms with Crippen molar-refractivity contribution in [1.29, 1.82) is 0 Å². The molecule has 8 nitrogen and oxygen atoms in total. The van der Waals surface area contributed by atoms with Crippen LogP contribution in [-0.2, 0) is 11.8 Å². The summed E-state index contributed by atoms with van der Waals surface area (Å²) < 4.78 is 1.78. The van der Waals surface area contributed by atoms with Crippen LogP contribution in [0.5, 0.6) is 0 Å². The molecule has 1 aliphatic carbocycles. The molecule has 2 amide bonds. The van der Waals surface area contributed by atoms with E-state index >= 15 is 0 Å². The van der Waals surface area contributed by atoms with Gasteiger partial charge in [0.05, 0.1) is 11.9 Å². The largest absolute Gasteiger partial charge is 0.465 e. The van der Waals surface area contributed by atoms with Crippen LogP contribution in [0.3, 0.4) is 0 Å². The van der Waals surface area contributed by atoms with Gasteiger partial charge >= 0.3 is 6.09 Å². The van der Waals surface area contributed by atoms with Gasteiger partial charge in [-0.25, -0.2) is 9.78 Å². The molecular weight excluding hydrogens is 358 g/mol. The summed E-state index contributed by atoms with van der Waals surface area (Å²) in [5.74, 6) is 0.659. The van der Waals surface area contributed by atoms with Gasteiger partial charge in [-0.3, -0.25) is 9.48 Å². The number of amides is 2. The number of aryl methyl sites for hydroxylation is 2. The Morgan fingerprint density at radius 1 is 1.21 bits per heavy atom. The van der Waals surface area contributed by atoms with Gasteiger partial charge in [-0.15, -0.1) is 0 Å². The molecule has 0 spiro atoms. The maximum Gasteiger partial charge on any atom is 0.405 e. The van der Waals surface area contributed by atoms with Gasteiger partial charge in [0.1, 0.15) is 11.9 Å². The van der Waals surface area contributed by atoms with E-state index in [2.05, 4.69) is 27.6 Å². The number of carbonyl (C=O) groups excluding carboxylic acids is 1. The topological polar surface area (TPSA) is 109 Å². The minimum absolute atomic E-state index is 0.00339. The highest BCUT2D eigenvalue weighted by Gasteiger charge is 2.32. The lowest BCUT2D eigenvalue weighted by Crippen LogP contribution is -2.49. The van der Waals surface area contributed by atoms with Crippen LogP contribution in [0.1, 0.15) is 38.2 Å². The third-order valence-corrected chi connectivity index (χ3v) is 5.50. The molecule has 0 saturated heterocycles. The first-order chi connectivity index (χ1) is 13.3. The average molecular weight is 385 g/mol. The van der Waals surface area contributed by atoms with Gasteiger partial charge in [-0.1, -0.05) is 19.8 Å². The van der Waals surface area contributed by atoms with E-state index in [0.717, 1.165) is 42.5 Å². The highest BCUT2D eigenvalue weighted by Crippen LogP contribution is 2.31. The molecule has 3 rings (SSSR count). The molecule has 28 heavy (non-hydrogen) atoms. The fourth-order valence-electron chi connectivity index (χ4n) is 3.92. The lowest BCUT2D eigenvalue weighted by molar-refractivity contribution is -0.119. The molecule has 2 aromatic heterocycles. The molecule has 3 N–H and O–H groups in total. The second-order valence-corrected chi connectivity index (χ2v) is 7.67. The molecule has 2 aromatic rings. The average Bonchev–Trinajstić information content (AvgIpc) is 2.99. The number of pyridine rings is 1. The Bertz CT molecular complexity index is 819. The van der Waals surface area contributed by atoms with Crippen LogP contribution in [0, 0.1) is 18.8 Å². The first-order valence-electron chi connectivity index (χ1n) is 9.60. The van der Waals surface area contributed by atoms with E-state index in [9.17, 15) is 9.59 Å². The smallest absolute Gasteiger partial charge is 0.405 e. The predicted octanol–water partition coefficient (Wildman–Crippen LogP) is 3.19. The van der Waals surface area contributed by atoms with Crippen molar-refractivity contribution in [2.45, 2.75) is 45.6 Å². The standard InChI is InChI=1S/C20H27N5O3/c1-12-4-6-14(7-5-12)17(24-20(27)28)19(26)23-16-9-8-15(11-21-16)18-13(2)10-22-25(18)3/h8-12,14,17,24H,4-7H2,1-3H3,(H,27,28)(H,21,23,26)/t12?,14?,17-/m0/s1. The maximum absolute atomic E-state index is 12.8. The number of carbonyl (C=O) groups is 2. The van der Waals surface area contributed by atoms with Crippen LogP contribution >= 0.6 is 0 Å². The van der Waals surface area contributed by atoms with Crippen LogP contribution < -0.4 is 10.6 Å². The van der Waals surface area contributed by atoms with Gasteiger partial charge in [0, 0.05) is 18.8 Å². The molecule has 150 valence electrons. The molecule has 0 aromatic carbocycles. The van der Waals surface area contributed by atoms with E-state index in [4.69, 9.17) is 5.11 Å². The zero-order valence-electron chi connectivity index (χ0n) is 16.5. The zero-order chi connectivity index (χ0) is 20.3. The summed E-state index contributed by atoms with van der Waals surface area (Å²) in [6.45, 7) is 4.16. The minimum Gasteiger partial charge on any atom is -0.465 e. The summed E-state index contributed by atoms with van der Waals surface area (Å²) in [4.78, 5) is 28.3. The summed E-state index contributed by atoms with van der Waals surface area (Å²) in [5.41, 5.74) is 2.91. The second kappa shape index (κ2) is 8.41. The third-order valence-electron chi connectivity index (χ3n) is 5.50. The molecule has 0 bridgehead atoms. The third kappa shape index (κ3) is 4.49. The fourth-order valence-corrected chi connectivity index (χ4v) is 3.92. The summed E-state index contributed by atoms with van der Waals surface area (Å²) in [6.07, 6.45) is 5.98. The highest BCUT2D eigenvalue weighted by atomic mass is 16.4. The van der Waals surface area contributed by atoms with Crippen molar-refractivity contribution in [2.24, 2.45) is 18.9 Å². The van der Waals surface area contributed by atoms with Gasteiger partial charge in [-0.2, -0.15) is 5.10 Å². The van der Waals surface area contributed by atoms with Crippen molar-refractivity contribution >= 4 is 17.8 Å². The molecular formula is C20H27N5O3. The van der Waals surface area contributed by atoms with Crippen molar-refractivity contribution in [3.05, 3.63) is 30.1 Å². The molecule has 1 aliphatic rings. The Balaban J connectivity index is 1.71. The van der Waals surface area contributed by atoms with Crippen LogP contribution in [0.25, 0.3) is 11.3 Å². The molecule has 0 aliphatic heterocycles. The second-order valence-electron chi connectivity index (χ2n) is 7.67. The first-order valence-corrected chi connectivity index (χ1v) is 9.60. The quantitative estimate of drug-likeness (QED) is 0.732. The molecule has 1 fully saturated rings. The van der Waals surface area contributed by atoms with Gasteiger partial charge < -0.3 is 15.7 Å². The minimum atomic E-state index is -1.19. The van der Waals surface area contributed by atoms with Gasteiger partial charge in [-0.05, 0) is 49.3 Å². The number of hydrogen-bond acceptors (Lipinski definition) is 4. The number of nitrogens with zero attached hydrogens (tertiary/aromatic N) is 3. The highest BCUT2D eigenvalue weighted by molar-refractivity contribution is 5.96. The molecule has 2 heterocycles. The Hall–Kier alpha value is -2.90. The Morgan fingerprint density at radius 2 is 1.93 bits per heavy atom. The SMILES string of the molecule is Cc1cnn(C)c1-c1ccc(NC(=O)[C@@H](NC(=O)O)C2CCC(C)CC2)nc1. The van der Waals surface area contributed by atoms with E-state index in [1.807, 2.05) is 20.0 Å². The maximum atomic E-state index is 12.8. The zero-order valence-corrected chi connectivity index (χ0v) is 16.5. The fraction of sp³-hybridized carbons (Fsp3) is 0.500. The molecule has 0 unspecified atom stereocenters. The Kier molecular flexibility index (Phi) is 5.96. The van der Waals surface area contributed by atoms with E-state index in [1.165, 1.54) is 0 Å². The number of hydrogen-bond donors (Lipinski definition) is 3. The van der Waals surface area contributed by atoms with Crippen LogP contribution in [-0.4, -0.2) is 37.9 Å². The molecule has 8 heteroatoms. The molecule has 1 atom stereocenters. The van der Waals surface area contributed by atoms with Crippen molar-refractivity contribution < 1.29 is 14.7 Å². The summed E-state index contributed by atoms with van der Waals surface area (Å²) in [7, 11) is 1.87. The Morgan fingerprint density at radius 3 is 2.46 bits per heavy atom. The summed E-state index contributed by atoms with van der Waals surface area (Å²) in [5, 5.41) is 18.5. The molecule has 1 saturated carbocycles. The van der Waals surface area contributed by atoms with E-state index in [1.54, 1.807) is 23.1 Å². The van der Waals surface area contributed by atoms with Gasteiger partial charge in [0.2, 0.25) is 5.91 Å². The van der Waals surface area contributed by atoms with Crippen LogP contribution in [0.15, 0.2) is 24.5 Å². The number of aromatic nitrogens is 3. The number of anilines is 1. The van der Waals surface area contributed by atoms with Crippen molar-refractivity contribution in [3.8, 4) is 11.3 Å². The number of nitrogens with one attached hydrogen (secondary N) is 2. The summed E-state index contributed by atoms with van der Waals surface area (Å²) >= 11 is 0. The van der Waals surface area contributed by atoms with Crippen LogP contribution in [0.4, 0.5) is 10.6 Å².